The van der Waals surface area contributed by atoms with E-state index < -0.39 is 0 Å². The summed E-state index contributed by atoms with van der Waals surface area (Å²) in [7, 11) is 0. The molecule has 1 aromatic rings. The zero-order valence-corrected chi connectivity index (χ0v) is 7.84. The van der Waals surface area contributed by atoms with E-state index in [4.69, 9.17) is 16.5 Å². The summed E-state index contributed by atoms with van der Waals surface area (Å²) in [6, 6.07) is 1.97. The maximum atomic E-state index is 5.38. The van der Waals surface area contributed by atoms with Gasteiger partial charge in [0, 0.05) is 11.4 Å². The fraction of sp³-hybridized carbons (Fsp3) is 0.429. The molecule has 0 saturated heterocycles. The second-order valence-corrected chi connectivity index (χ2v) is 3.46. The van der Waals surface area contributed by atoms with Gasteiger partial charge in [-0.2, -0.15) is 0 Å². The molecule has 1 heterocycles. The van der Waals surface area contributed by atoms with Crippen molar-refractivity contribution < 1.29 is 4.74 Å². The molecule has 1 aromatic heterocycles. The normalized spacial score (nSPS) is 10.0. The van der Waals surface area contributed by atoms with Crippen LogP contribution in [0.15, 0.2) is 11.4 Å². The molecule has 0 aliphatic heterocycles. The molecule has 0 atom stereocenters. The Morgan fingerprint density at radius 3 is 3.09 bits per heavy atom. The quantitative estimate of drug-likeness (QED) is 0.582. The van der Waals surface area contributed by atoms with Gasteiger partial charge in [-0.05, 0) is 30.1 Å². The summed E-state index contributed by atoms with van der Waals surface area (Å²) >= 11 is 6.94. The lowest BCUT2D eigenvalue weighted by Crippen LogP contribution is -2.11. The van der Waals surface area contributed by atoms with E-state index in [0.717, 1.165) is 5.75 Å². The minimum atomic E-state index is 0.612. The van der Waals surface area contributed by atoms with Gasteiger partial charge in [0.15, 0.2) is 0 Å². The summed E-state index contributed by atoms with van der Waals surface area (Å²) in [4.78, 5) is 3.71. The zero-order chi connectivity index (χ0) is 8.10. The summed E-state index contributed by atoms with van der Waals surface area (Å²) in [6.07, 6.45) is 0. The molecule has 1 N–H and O–H groups in total. The van der Waals surface area contributed by atoms with E-state index in [9.17, 15) is 0 Å². The molecule has 0 aromatic carbocycles. The van der Waals surface area contributed by atoms with E-state index in [2.05, 4.69) is 4.84 Å². The van der Waals surface area contributed by atoms with Crippen LogP contribution in [0.25, 0.3) is 0 Å². The fourth-order valence-corrected chi connectivity index (χ4v) is 1.44. The smallest absolute Gasteiger partial charge is 0.132 e. The highest BCUT2D eigenvalue weighted by Crippen LogP contribution is 2.22. The summed E-state index contributed by atoms with van der Waals surface area (Å²) < 4.78 is 5.38. The lowest BCUT2D eigenvalue weighted by molar-refractivity contribution is 0.323. The van der Waals surface area contributed by atoms with Crippen LogP contribution in [-0.4, -0.2) is 13.2 Å². The van der Waals surface area contributed by atoms with Crippen LogP contribution in [0.5, 0.6) is 5.75 Å². The van der Waals surface area contributed by atoms with Gasteiger partial charge >= 0.3 is 0 Å². The molecule has 0 radical (unpaired) electrons. The summed E-state index contributed by atoms with van der Waals surface area (Å²) in [5.74, 6) is 0.960. The number of hydrogen-bond acceptors (Lipinski definition) is 3. The molecule has 0 aliphatic carbocycles. The van der Waals surface area contributed by atoms with Crippen molar-refractivity contribution in [3.63, 3.8) is 0 Å². The average Bonchev–Trinajstić information content (AvgIpc) is 2.37. The van der Waals surface area contributed by atoms with E-state index in [1.165, 1.54) is 4.88 Å². The molecule has 2 nitrogen and oxygen atoms in total. The summed E-state index contributed by atoms with van der Waals surface area (Å²) in [5.41, 5.74) is 0. The van der Waals surface area contributed by atoms with Crippen molar-refractivity contribution in [2.75, 3.05) is 13.2 Å². The minimum Gasteiger partial charge on any atom is -0.491 e. The van der Waals surface area contributed by atoms with Crippen LogP contribution in [0.4, 0.5) is 0 Å². The maximum Gasteiger partial charge on any atom is 0.132 e. The number of hydrogen-bond donors (Lipinski definition) is 1. The summed E-state index contributed by atoms with van der Waals surface area (Å²) in [6.45, 7) is 3.31. The Labute approximate surface area is 75.2 Å². The monoisotopic (exact) mass is 191 g/mol. The number of ether oxygens (including phenoxy) is 1. The van der Waals surface area contributed by atoms with Gasteiger partial charge in [-0.1, -0.05) is 0 Å². The van der Waals surface area contributed by atoms with Crippen molar-refractivity contribution in [2.45, 2.75) is 6.92 Å². The van der Waals surface area contributed by atoms with Crippen LogP contribution < -0.4 is 9.57 Å². The molecule has 0 spiro atoms. The van der Waals surface area contributed by atoms with Gasteiger partial charge in [-0.25, -0.2) is 4.84 Å². The van der Waals surface area contributed by atoms with Crippen LogP contribution in [0, 0.1) is 6.92 Å². The SMILES string of the molecule is Cc1sccc1OCCNCl. The Hall–Kier alpha value is -0.250. The first kappa shape index (κ1) is 8.84. The number of halogens is 1. The Morgan fingerprint density at radius 2 is 2.55 bits per heavy atom. The Kier molecular flexibility index (Phi) is 3.69. The fourth-order valence-electron chi connectivity index (χ4n) is 0.723. The van der Waals surface area contributed by atoms with Crippen LogP contribution in [0.1, 0.15) is 4.88 Å². The molecular formula is C7H10ClNOS. The lowest BCUT2D eigenvalue weighted by Gasteiger charge is -2.02. The van der Waals surface area contributed by atoms with Gasteiger partial charge in [-0.15, -0.1) is 11.3 Å². The predicted molar refractivity (Wildman–Crippen MR) is 48.4 cm³/mol. The highest BCUT2D eigenvalue weighted by Gasteiger charge is 1.98. The molecule has 4 heteroatoms. The van der Waals surface area contributed by atoms with Gasteiger partial charge in [0.2, 0.25) is 0 Å². The number of nitrogens with one attached hydrogen (secondary N) is 1. The van der Waals surface area contributed by atoms with Crippen LogP contribution >= 0.6 is 23.1 Å². The van der Waals surface area contributed by atoms with Gasteiger partial charge in [0.25, 0.3) is 0 Å². The second-order valence-electron chi connectivity index (χ2n) is 2.07. The van der Waals surface area contributed by atoms with Crippen LogP contribution in [-0.2, 0) is 0 Å². The second kappa shape index (κ2) is 4.59. The van der Waals surface area contributed by atoms with E-state index in [0.29, 0.717) is 13.2 Å². The van der Waals surface area contributed by atoms with Crippen molar-refractivity contribution in [3.05, 3.63) is 16.3 Å². The minimum absolute atomic E-state index is 0.612. The Morgan fingerprint density at radius 1 is 1.73 bits per heavy atom. The Bertz CT molecular complexity index is 214. The largest absolute Gasteiger partial charge is 0.491 e. The van der Waals surface area contributed by atoms with Crippen molar-refractivity contribution in [1.82, 2.24) is 4.84 Å². The molecule has 0 fully saturated rings. The molecule has 0 bridgehead atoms. The van der Waals surface area contributed by atoms with Crippen molar-refractivity contribution >= 4 is 23.1 Å². The molecule has 0 saturated carbocycles. The standard InChI is InChI=1S/C7H10ClNOS/c1-6-7(2-5-11-6)10-4-3-9-8/h2,5,9H,3-4H2,1H3. The topological polar surface area (TPSA) is 21.3 Å². The molecule has 0 amide bonds. The molecule has 0 aliphatic rings. The number of rotatable bonds is 4. The first-order valence-corrected chi connectivity index (χ1v) is 4.60. The van der Waals surface area contributed by atoms with Gasteiger partial charge < -0.3 is 4.74 Å². The van der Waals surface area contributed by atoms with Crippen molar-refractivity contribution in [3.8, 4) is 5.75 Å². The lowest BCUT2D eigenvalue weighted by atomic mass is 10.5. The van der Waals surface area contributed by atoms with E-state index >= 15 is 0 Å². The zero-order valence-electron chi connectivity index (χ0n) is 6.26. The maximum absolute atomic E-state index is 5.38. The van der Waals surface area contributed by atoms with E-state index in [1.54, 1.807) is 11.3 Å². The van der Waals surface area contributed by atoms with Crippen molar-refractivity contribution in [1.29, 1.82) is 0 Å². The molecule has 0 unspecified atom stereocenters. The number of thiophene rings is 1. The highest BCUT2D eigenvalue weighted by atomic mass is 35.5. The van der Waals surface area contributed by atoms with Crippen LogP contribution in [0.3, 0.4) is 0 Å². The molecule has 62 valence electrons. The van der Waals surface area contributed by atoms with Gasteiger partial charge in [-0.3, -0.25) is 0 Å². The third kappa shape index (κ3) is 2.69. The highest BCUT2D eigenvalue weighted by molar-refractivity contribution is 7.10. The third-order valence-electron chi connectivity index (χ3n) is 1.27. The van der Waals surface area contributed by atoms with E-state index in [-0.39, 0.29) is 0 Å². The number of aryl methyl sites for hydroxylation is 1. The van der Waals surface area contributed by atoms with Crippen molar-refractivity contribution in [2.24, 2.45) is 0 Å². The molecular weight excluding hydrogens is 182 g/mol. The predicted octanol–water partition coefficient (Wildman–Crippen LogP) is 2.18. The van der Waals surface area contributed by atoms with Gasteiger partial charge in [0.1, 0.15) is 12.4 Å². The van der Waals surface area contributed by atoms with Gasteiger partial charge in [0.05, 0.1) is 0 Å². The van der Waals surface area contributed by atoms with E-state index in [1.807, 2.05) is 18.4 Å². The molecule has 1 rings (SSSR count). The first-order valence-electron chi connectivity index (χ1n) is 3.35. The Balaban J connectivity index is 2.32. The van der Waals surface area contributed by atoms with Crippen LogP contribution in [0.2, 0.25) is 0 Å². The average molecular weight is 192 g/mol. The summed E-state index contributed by atoms with van der Waals surface area (Å²) in [5, 5.41) is 2.01. The molecule has 11 heavy (non-hydrogen) atoms. The third-order valence-corrected chi connectivity index (χ3v) is 2.28. The first-order chi connectivity index (χ1) is 5.34.